The molecule has 0 aromatic rings. The van der Waals surface area contributed by atoms with E-state index < -0.39 is 0 Å². The van der Waals surface area contributed by atoms with Gasteiger partial charge in [-0.2, -0.15) is 5.26 Å². The lowest BCUT2D eigenvalue weighted by Crippen LogP contribution is -2.42. The molecule has 1 fully saturated rings. The lowest BCUT2D eigenvalue weighted by molar-refractivity contribution is 0.228. The summed E-state index contributed by atoms with van der Waals surface area (Å²) in [6.07, 6.45) is 8.03. The molecule has 2 unspecified atom stereocenters. The first-order valence-electron chi connectivity index (χ1n) is 5.74. The maximum absolute atomic E-state index is 8.94. The van der Waals surface area contributed by atoms with Crippen LogP contribution >= 0.6 is 0 Å². The smallest absolute Gasteiger partial charge is 0.146 e. The summed E-state index contributed by atoms with van der Waals surface area (Å²) in [7, 11) is 0. The Hall–Kier alpha value is -1.47. The van der Waals surface area contributed by atoms with Crippen molar-refractivity contribution in [1.82, 2.24) is 5.32 Å². The van der Waals surface area contributed by atoms with E-state index >= 15 is 0 Å². The van der Waals surface area contributed by atoms with Crippen LogP contribution in [-0.2, 0) is 0 Å². The summed E-state index contributed by atoms with van der Waals surface area (Å²) in [5, 5.41) is 12.3. The number of nitriles is 1. The highest BCUT2D eigenvalue weighted by Gasteiger charge is 2.46. The van der Waals surface area contributed by atoms with Crippen LogP contribution in [0.3, 0.4) is 0 Å². The molecule has 0 saturated carbocycles. The Bertz CT molecular complexity index is 421. The van der Waals surface area contributed by atoms with Crippen LogP contribution in [0.5, 0.6) is 0 Å². The molecule has 2 atom stereocenters. The van der Waals surface area contributed by atoms with E-state index in [0.29, 0.717) is 11.5 Å². The van der Waals surface area contributed by atoms with Gasteiger partial charge < -0.3 is 5.32 Å². The minimum Gasteiger partial charge on any atom is -0.317 e. The summed E-state index contributed by atoms with van der Waals surface area (Å²) in [5.74, 6) is 0.300. The average Bonchev–Trinajstić information content (AvgIpc) is 2.69. The number of fused-ring (bicyclic) bond motifs is 2. The second-order valence-electron chi connectivity index (χ2n) is 4.71. The third-order valence-corrected chi connectivity index (χ3v) is 3.86. The van der Waals surface area contributed by atoms with Gasteiger partial charge in [0, 0.05) is 23.8 Å². The Morgan fingerprint density at radius 2 is 2.19 bits per heavy atom. The summed E-state index contributed by atoms with van der Waals surface area (Å²) in [4.78, 5) is 8.86. The van der Waals surface area contributed by atoms with Crippen LogP contribution < -0.4 is 5.32 Å². The molecule has 3 rings (SSSR count). The molecule has 3 aliphatic heterocycles. The number of hydrogen-bond acceptors (Lipinski definition) is 4. The Morgan fingerprint density at radius 1 is 1.38 bits per heavy atom. The number of nitrogens with zero attached hydrogens (tertiary/aromatic N) is 3. The molecule has 3 heterocycles. The summed E-state index contributed by atoms with van der Waals surface area (Å²) in [5.41, 5.74) is 0.833. The van der Waals surface area contributed by atoms with Gasteiger partial charge in [0.1, 0.15) is 12.2 Å². The van der Waals surface area contributed by atoms with Gasteiger partial charge in [0.2, 0.25) is 0 Å². The molecule has 0 aromatic heterocycles. The summed E-state index contributed by atoms with van der Waals surface area (Å²) in [6.45, 7) is 2.07. The van der Waals surface area contributed by atoms with E-state index in [1.165, 1.54) is 0 Å². The Balaban J connectivity index is 1.93. The van der Waals surface area contributed by atoms with Crippen LogP contribution in [0.2, 0.25) is 0 Å². The van der Waals surface area contributed by atoms with Gasteiger partial charge in [-0.3, -0.25) is 9.98 Å². The first-order chi connectivity index (χ1) is 7.84. The minimum atomic E-state index is 0.0233. The van der Waals surface area contributed by atoms with Crippen molar-refractivity contribution in [1.29, 1.82) is 5.26 Å². The molecule has 0 aromatic carbocycles. The average molecular weight is 214 g/mol. The molecule has 4 nitrogen and oxygen atoms in total. The standard InChI is InChI=1S/C12H14N4/c13-6-9-5-10-11(15-7-9)16-8-12(10)1-3-14-4-2-12/h5,7-8,10-11,14H,1-4H2. The molecular formula is C12H14N4. The predicted molar refractivity (Wildman–Crippen MR) is 62.5 cm³/mol. The number of hydrogen-bond donors (Lipinski definition) is 1. The van der Waals surface area contributed by atoms with Gasteiger partial charge in [0.25, 0.3) is 0 Å². The molecule has 16 heavy (non-hydrogen) atoms. The van der Waals surface area contributed by atoms with Gasteiger partial charge in [0.15, 0.2) is 0 Å². The number of piperidine rings is 1. The summed E-state index contributed by atoms with van der Waals surface area (Å²) >= 11 is 0. The van der Waals surface area contributed by atoms with Crippen LogP contribution in [-0.4, -0.2) is 31.7 Å². The van der Waals surface area contributed by atoms with Gasteiger partial charge in [-0.05, 0) is 25.9 Å². The zero-order chi connectivity index (χ0) is 11.0. The fourth-order valence-corrected chi connectivity index (χ4v) is 2.90. The monoisotopic (exact) mass is 214 g/mol. The lowest BCUT2D eigenvalue weighted by atomic mass is 9.69. The quantitative estimate of drug-likeness (QED) is 0.651. The largest absolute Gasteiger partial charge is 0.317 e. The number of rotatable bonds is 0. The molecule has 0 amide bonds. The lowest BCUT2D eigenvalue weighted by Gasteiger charge is -2.37. The van der Waals surface area contributed by atoms with Crippen molar-refractivity contribution in [2.75, 3.05) is 13.1 Å². The number of allylic oxidation sites excluding steroid dienone is 1. The maximum Gasteiger partial charge on any atom is 0.146 e. The van der Waals surface area contributed by atoms with E-state index in [2.05, 4.69) is 33.7 Å². The van der Waals surface area contributed by atoms with Gasteiger partial charge in [-0.1, -0.05) is 6.08 Å². The predicted octanol–water partition coefficient (Wildman–Crippen LogP) is 0.917. The number of aliphatic imine (C=N–C) groups is 2. The maximum atomic E-state index is 8.94. The third-order valence-electron chi connectivity index (χ3n) is 3.86. The second kappa shape index (κ2) is 3.53. The highest BCUT2D eigenvalue weighted by molar-refractivity contribution is 5.86. The second-order valence-corrected chi connectivity index (χ2v) is 4.71. The molecule has 1 spiro atoms. The van der Waals surface area contributed by atoms with E-state index in [4.69, 9.17) is 5.26 Å². The van der Waals surface area contributed by atoms with Crippen molar-refractivity contribution in [3.05, 3.63) is 11.6 Å². The molecule has 0 radical (unpaired) electrons. The number of dihydropyridines is 1. The molecule has 0 aliphatic carbocycles. The van der Waals surface area contributed by atoms with Crippen LogP contribution in [0, 0.1) is 22.7 Å². The van der Waals surface area contributed by atoms with E-state index in [1.54, 1.807) is 6.21 Å². The molecular weight excluding hydrogens is 200 g/mol. The molecule has 82 valence electrons. The fourth-order valence-electron chi connectivity index (χ4n) is 2.90. The molecule has 0 bridgehead atoms. The van der Waals surface area contributed by atoms with Crippen LogP contribution in [0.1, 0.15) is 12.8 Å². The third kappa shape index (κ3) is 1.32. The zero-order valence-electron chi connectivity index (χ0n) is 9.06. The van der Waals surface area contributed by atoms with Crippen molar-refractivity contribution < 1.29 is 0 Å². The molecule has 1 N–H and O–H groups in total. The first kappa shape index (κ1) is 9.73. The van der Waals surface area contributed by atoms with Gasteiger partial charge in [-0.25, -0.2) is 0 Å². The summed E-state index contributed by atoms with van der Waals surface area (Å²) < 4.78 is 0. The van der Waals surface area contributed by atoms with Crippen LogP contribution in [0.4, 0.5) is 0 Å². The Labute approximate surface area is 94.8 Å². The topological polar surface area (TPSA) is 60.5 Å². The van der Waals surface area contributed by atoms with Crippen molar-refractivity contribution in [2.24, 2.45) is 21.3 Å². The van der Waals surface area contributed by atoms with E-state index in [1.807, 2.05) is 0 Å². The fraction of sp³-hybridized carbons (Fsp3) is 0.583. The van der Waals surface area contributed by atoms with E-state index in [0.717, 1.165) is 25.9 Å². The zero-order valence-corrected chi connectivity index (χ0v) is 9.06. The normalized spacial score (nSPS) is 34.6. The van der Waals surface area contributed by atoms with Gasteiger partial charge in [-0.15, -0.1) is 0 Å². The van der Waals surface area contributed by atoms with Gasteiger partial charge in [0.05, 0.1) is 5.57 Å². The number of nitrogens with one attached hydrogen (secondary N) is 1. The van der Waals surface area contributed by atoms with Crippen molar-refractivity contribution in [3.8, 4) is 6.07 Å². The van der Waals surface area contributed by atoms with Crippen LogP contribution in [0.15, 0.2) is 21.6 Å². The van der Waals surface area contributed by atoms with Crippen molar-refractivity contribution in [3.63, 3.8) is 0 Å². The molecule has 1 saturated heterocycles. The Morgan fingerprint density at radius 3 is 2.94 bits per heavy atom. The first-order valence-corrected chi connectivity index (χ1v) is 5.74. The van der Waals surface area contributed by atoms with Crippen molar-refractivity contribution >= 4 is 12.4 Å². The molecule has 4 heteroatoms. The van der Waals surface area contributed by atoms with Crippen molar-refractivity contribution in [2.45, 2.75) is 19.0 Å². The minimum absolute atomic E-state index is 0.0233. The Kier molecular flexibility index (Phi) is 2.15. The van der Waals surface area contributed by atoms with E-state index in [9.17, 15) is 0 Å². The van der Waals surface area contributed by atoms with Crippen LogP contribution in [0.25, 0.3) is 0 Å². The SMILES string of the molecule is N#CC1=CC2C(N=C1)N=CC21CCNCC1. The highest BCUT2D eigenvalue weighted by Crippen LogP contribution is 2.44. The van der Waals surface area contributed by atoms with Gasteiger partial charge >= 0.3 is 0 Å². The highest BCUT2D eigenvalue weighted by atomic mass is 15.1. The molecule has 3 aliphatic rings. The van der Waals surface area contributed by atoms with E-state index in [-0.39, 0.29) is 11.6 Å². The summed E-state index contributed by atoms with van der Waals surface area (Å²) in [6, 6.07) is 2.18.